The van der Waals surface area contributed by atoms with Crippen molar-refractivity contribution in [1.82, 2.24) is 34.7 Å². The first-order valence-electron chi connectivity index (χ1n) is 9.44. The van der Waals surface area contributed by atoms with Crippen LogP contribution in [0.3, 0.4) is 0 Å². The smallest absolute Gasteiger partial charge is 0.259 e. The molecule has 0 saturated heterocycles. The summed E-state index contributed by atoms with van der Waals surface area (Å²) in [5.74, 6) is 0.185. The molecule has 4 aromatic heterocycles. The first-order chi connectivity index (χ1) is 14.6. The monoisotopic (exact) mass is 412 g/mol. The Hall–Kier alpha value is -3.60. The molecule has 11 heteroatoms. The van der Waals surface area contributed by atoms with Gasteiger partial charge in [0.25, 0.3) is 12.3 Å². The Morgan fingerprint density at radius 1 is 1.30 bits per heavy atom. The molecule has 1 aliphatic rings. The molecule has 0 bridgehead atoms. The van der Waals surface area contributed by atoms with E-state index in [2.05, 4.69) is 30.6 Å². The van der Waals surface area contributed by atoms with E-state index in [4.69, 9.17) is 0 Å². The van der Waals surface area contributed by atoms with Crippen LogP contribution >= 0.6 is 0 Å². The minimum Gasteiger partial charge on any atom is -0.339 e. The van der Waals surface area contributed by atoms with Gasteiger partial charge in [-0.25, -0.2) is 18.3 Å². The number of imidazole rings is 1. The quantitative estimate of drug-likeness (QED) is 0.466. The molecule has 3 N–H and O–H groups in total. The average molecular weight is 412 g/mol. The lowest BCUT2D eigenvalue weighted by atomic mass is 10.1. The summed E-state index contributed by atoms with van der Waals surface area (Å²) >= 11 is 0. The van der Waals surface area contributed by atoms with Gasteiger partial charge in [0.2, 0.25) is 0 Å². The number of rotatable bonds is 5. The van der Waals surface area contributed by atoms with Crippen LogP contribution in [0.2, 0.25) is 0 Å². The molecule has 5 rings (SSSR count). The fraction of sp³-hybridized carbons (Fsp3) is 0.263. The van der Waals surface area contributed by atoms with Crippen molar-refractivity contribution in [3.63, 3.8) is 0 Å². The van der Waals surface area contributed by atoms with Crippen molar-refractivity contribution in [3.8, 4) is 11.5 Å². The van der Waals surface area contributed by atoms with Crippen molar-refractivity contribution in [1.29, 1.82) is 0 Å². The number of carbonyl (C=O) groups excluding carboxylic acids is 1. The molecular formula is C19H18F2N8O. The van der Waals surface area contributed by atoms with Gasteiger partial charge in [-0.1, -0.05) is 6.07 Å². The molecule has 30 heavy (non-hydrogen) atoms. The summed E-state index contributed by atoms with van der Waals surface area (Å²) in [5, 5.41) is 13.9. The van der Waals surface area contributed by atoms with E-state index in [9.17, 15) is 13.6 Å². The maximum absolute atomic E-state index is 12.8. The predicted octanol–water partition coefficient (Wildman–Crippen LogP) is 2.32. The molecular weight excluding hydrogens is 394 g/mol. The van der Waals surface area contributed by atoms with Crippen molar-refractivity contribution in [3.05, 3.63) is 53.7 Å². The first-order valence-corrected chi connectivity index (χ1v) is 9.44. The molecule has 0 unspecified atom stereocenters. The van der Waals surface area contributed by atoms with Gasteiger partial charge in [0, 0.05) is 25.7 Å². The number of anilines is 1. The Morgan fingerprint density at radius 3 is 3.07 bits per heavy atom. The fourth-order valence-electron chi connectivity index (χ4n) is 3.68. The number of aromatic amines is 2. The number of hydrogen-bond acceptors (Lipinski definition) is 5. The van der Waals surface area contributed by atoms with Crippen LogP contribution in [0, 0.1) is 0 Å². The Kier molecular flexibility index (Phi) is 4.51. The summed E-state index contributed by atoms with van der Waals surface area (Å²) in [7, 11) is 0. The van der Waals surface area contributed by atoms with Crippen LogP contribution in [-0.2, 0) is 13.0 Å². The number of halogens is 2. The second kappa shape index (κ2) is 7.34. The number of nitrogens with zero attached hydrogens (tertiary/aromatic N) is 5. The molecule has 154 valence electrons. The van der Waals surface area contributed by atoms with Crippen molar-refractivity contribution in [2.75, 3.05) is 18.4 Å². The highest BCUT2D eigenvalue weighted by Crippen LogP contribution is 2.27. The summed E-state index contributed by atoms with van der Waals surface area (Å²) in [5.41, 5.74) is 3.74. The van der Waals surface area contributed by atoms with Gasteiger partial charge in [0.1, 0.15) is 5.69 Å². The van der Waals surface area contributed by atoms with Crippen LogP contribution in [0.4, 0.5) is 14.5 Å². The number of pyridine rings is 1. The average Bonchev–Trinajstić information content (AvgIpc) is 3.44. The lowest BCUT2D eigenvalue weighted by molar-refractivity contribution is 0.0812. The molecule has 0 spiro atoms. The Labute approximate surface area is 169 Å². The Bertz CT molecular complexity index is 1210. The number of carbonyl (C=O) groups is 1. The van der Waals surface area contributed by atoms with E-state index in [-0.39, 0.29) is 12.5 Å². The SMILES string of the molecule is O=C(Nc1cn[nH]c1-c1nc2c([nH]1)CN(CC(F)F)CC2)c1cnn2ccccc12. The van der Waals surface area contributed by atoms with E-state index in [0.717, 1.165) is 11.4 Å². The summed E-state index contributed by atoms with van der Waals surface area (Å²) in [6, 6.07) is 5.47. The number of alkyl halides is 2. The molecule has 1 aliphatic heterocycles. The summed E-state index contributed by atoms with van der Waals surface area (Å²) in [6.07, 6.45) is 2.98. The number of hydrogen-bond donors (Lipinski definition) is 3. The maximum Gasteiger partial charge on any atom is 0.259 e. The van der Waals surface area contributed by atoms with Gasteiger partial charge >= 0.3 is 0 Å². The third-order valence-corrected chi connectivity index (χ3v) is 5.10. The molecule has 1 amide bonds. The van der Waals surface area contributed by atoms with Crippen LogP contribution in [0.5, 0.6) is 0 Å². The van der Waals surface area contributed by atoms with Gasteiger partial charge in [0.05, 0.1) is 47.1 Å². The molecule has 0 saturated carbocycles. The second-order valence-electron chi connectivity index (χ2n) is 7.09. The summed E-state index contributed by atoms with van der Waals surface area (Å²) < 4.78 is 27.0. The van der Waals surface area contributed by atoms with Gasteiger partial charge in [-0.2, -0.15) is 10.2 Å². The lowest BCUT2D eigenvalue weighted by Crippen LogP contribution is -2.34. The zero-order chi connectivity index (χ0) is 20.7. The number of H-pyrrole nitrogens is 2. The predicted molar refractivity (Wildman–Crippen MR) is 104 cm³/mol. The standard InChI is InChI=1S/C19H18F2N8O/c20-16(21)10-28-6-4-12-14(9-28)25-18(24-12)17-13(8-22-27-17)26-19(30)11-7-23-29-5-2-1-3-15(11)29/h1-3,5,7-8,16H,4,6,9-10H2,(H,22,27)(H,24,25)(H,26,30). The van der Waals surface area contributed by atoms with Gasteiger partial charge in [-0.3, -0.25) is 14.8 Å². The van der Waals surface area contributed by atoms with Gasteiger partial charge < -0.3 is 10.3 Å². The zero-order valence-corrected chi connectivity index (χ0v) is 15.8. The molecule has 0 aliphatic carbocycles. The van der Waals surface area contributed by atoms with Gasteiger partial charge in [-0.15, -0.1) is 0 Å². The maximum atomic E-state index is 12.8. The van der Waals surface area contributed by atoms with Crippen LogP contribution in [0.25, 0.3) is 17.0 Å². The number of amides is 1. The molecule has 5 heterocycles. The van der Waals surface area contributed by atoms with Crippen molar-refractivity contribution in [2.45, 2.75) is 19.4 Å². The van der Waals surface area contributed by atoms with Crippen LogP contribution in [0.15, 0.2) is 36.8 Å². The molecule has 9 nitrogen and oxygen atoms in total. The third-order valence-electron chi connectivity index (χ3n) is 5.10. The summed E-state index contributed by atoms with van der Waals surface area (Å²) in [4.78, 5) is 22.2. The zero-order valence-electron chi connectivity index (χ0n) is 15.8. The highest BCUT2D eigenvalue weighted by molar-refractivity contribution is 6.09. The van der Waals surface area contributed by atoms with Gasteiger partial charge in [0.15, 0.2) is 5.82 Å². The van der Waals surface area contributed by atoms with E-state index in [1.54, 1.807) is 15.6 Å². The van der Waals surface area contributed by atoms with E-state index >= 15 is 0 Å². The molecule has 0 radical (unpaired) electrons. The molecule has 0 aromatic carbocycles. The fourth-order valence-corrected chi connectivity index (χ4v) is 3.68. The summed E-state index contributed by atoms with van der Waals surface area (Å²) in [6.45, 7) is 0.645. The first kappa shape index (κ1) is 18.4. The second-order valence-corrected chi connectivity index (χ2v) is 7.09. The van der Waals surface area contributed by atoms with Crippen molar-refractivity contribution < 1.29 is 13.6 Å². The third kappa shape index (κ3) is 3.32. The highest BCUT2D eigenvalue weighted by Gasteiger charge is 2.24. The van der Waals surface area contributed by atoms with Crippen LogP contribution in [0.1, 0.15) is 21.7 Å². The minimum absolute atomic E-state index is 0.265. The molecule has 0 atom stereocenters. The van der Waals surface area contributed by atoms with E-state index in [1.807, 2.05) is 18.2 Å². The minimum atomic E-state index is -2.37. The van der Waals surface area contributed by atoms with E-state index in [0.29, 0.717) is 47.8 Å². The van der Waals surface area contributed by atoms with Gasteiger partial charge in [-0.05, 0) is 12.1 Å². The highest BCUT2D eigenvalue weighted by atomic mass is 19.3. The lowest BCUT2D eigenvalue weighted by Gasteiger charge is -2.25. The number of fused-ring (bicyclic) bond motifs is 2. The largest absolute Gasteiger partial charge is 0.339 e. The van der Waals surface area contributed by atoms with Crippen LogP contribution in [-0.4, -0.2) is 60.1 Å². The van der Waals surface area contributed by atoms with E-state index < -0.39 is 6.43 Å². The van der Waals surface area contributed by atoms with Crippen LogP contribution < -0.4 is 5.32 Å². The number of aromatic nitrogens is 6. The van der Waals surface area contributed by atoms with E-state index in [1.165, 1.54) is 12.4 Å². The molecule has 0 fully saturated rings. The molecule has 4 aromatic rings. The Morgan fingerprint density at radius 2 is 2.20 bits per heavy atom. The number of nitrogens with one attached hydrogen (secondary N) is 3. The van der Waals surface area contributed by atoms with Crippen molar-refractivity contribution in [2.24, 2.45) is 0 Å². The van der Waals surface area contributed by atoms with Crippen molar-refractivity contribution >= 4 is 17.1 Å². The topological polar surface area (TPSA) is 107 Å². The normalized spacial score (nSPS) is 14.4. The Balaban J connectivity index is 1.38.